The molecule has 5 rings (SSSR count). The number of pyridine rings is 1. The van der Waals surface area contributed by atoms with E-state index in [4.69, 9.17) is 9.40 Å². The Kier molecular flexibility index (Phi) is 15.3. The summed E-state index contributed by atoms with van der Waals surface area (Å²) >= 11 is 0. The zero-order chi connectivity index (χ0) is 37.2. The molecule has 52 heavy (non-hydrogen) atoms. The van der Waals surface area contributed by atoms with Crippen LogP contribution in [0.1, 0.15) is 124 Å². The fourth-order valence-corrected chi connectivity index (χ4v) is 6.79. The van der Waals surface area contributed by atoms with Gasteiger partial charge in [-0.1, -0.05) is 106 Å². The summed E-state index contributed by atoms with van der Waals surface area (Å²) in [4.78, 5) is 17.4. The van der Waals surface area contributed by atoms with Crippen LogP contribution in [0.5, 0.6) is 0 Å². The number of carbonyl (C=O) groups excluding carboxylic acids is 1. The number of hydrogen-bond acceptors (Lipinski definition) is 4. The summed E-state index contributed by atoms with van der Waals surface area (Å²) in [6.45, 7) is 27.7. The number of ketones is 1. The summed E-state index contributed by atoms with van der Waals surface area (Å²) in [7, 11) is 0. The van der Waals surface area contributed by atoms with Crippen LogP contribution in [0.25, 0.3) is 43.9 Å². The maximum absolute atomic E-state index is 12.2. The largest absolute Gasteiger partial charge is 0.512 e. The molecule has 2 aromatic heterocycles. The molecule has 5 heteroatoms. The Morgan fingerprint density at radius 2 is 1.44 bits per heavy atom. The predicted molar refractivity (Wildman–Crippen MR) is 221 cm³/mol. The number of allylic oxidation sites excluding steroid dienone is 2. The van der Waals surface area contributed by atoms with E-state index in [2.05, 4.69) is 103 Å². The molecule has 0 bridgehead atoms. The van der Waals surface area contributed by atoms with E-state index in [0.29, 0.717) is 5.92 Å². The molecular formula is C47H64IrNO3-. The van der Waals surface area contributed by atoms with Gasteiger partial charge in [0.2, 0.25) is 0 Å². The van der Waals surface area contributed by atoms with Gasteiger partial charge in [-0.2, -0.15) is 0 Å². The Balaban J connectivity index is 0.000000425. The minimum Gasteiger partial charge on any atom is -0.512 e. The van der Waals surface area contributed by atoms with Crippen molar-refractivity contribution in [3.8, 4) is 11.3 Å². The summed E-state index contributed by atoms with van der Waals surface area (Å²) in [5, 5.41) is 14.9. The van der Waals surface area contributed by atoms with Crippen LogP contribution >= 0.6 is 0 Å². The van der Waals surface area contributed by atoms with Crippen molar-refractivity contribution in [2.45, 2.75) is 128 Å². The Morgan fingerprint density at radius 1 is 0.846 bits per heavy atom. The molecule has 3 aromatic carbocycles. The number of hydrogen-bond donors (Lipinski definition) is 1. The quantitative estimate of drug-likeness (QED) is 0.0862. The van der Waals surface area contributed by atoms with Gasteiger partial charge in [0.05, 0.1) is 11.2 Å². The van der Waals surface area contributed by atoms with Crippen LogP contribution in [0.4, 0.5) is 0 Å². The number of carbonyl (C=O) groups is 1. The van der Waals surface area contributed by atoms with Gasteiger partial charge in [-0.3, -0.25) is 4.79 Å². The van der Waals surface area contributed by atoms with E-state index in [-0.39, 0.29) is 55.3 Å². The van der Waals surface area contributed by atoms with E-state index in [0.717, 1.165) is 71.0 Å². The van der Waals surface area contributed by atoms with Crippen LogP contribution in [0, 0.1) is 38.0 Å². The van der Waals surface area contributed by atoms with Gasteiger partial charge in [0, 0.05) is 59.8 Å². The van der Waals surface area contributed by atoms with Gasteiger partial charge in [-0.05, 0) is 103 Å². The van der Waals surface area contributed by atoms with Crippen molar-refractivity contribution in [2.75, 3.05) is 0 Å². The van der Waals surface area contributed by atoms with E-state index in [1.54, 1.807) is 0 Å². The number of nitrogens with zero attached hydrogens (tertiary/aromatic N) is 1. The summed E-state index contributed by atoms with van der Waals surface area (Å²) < 4.78 is 6.52. The number of fused-ring (bicyclic) bond motifs is 4. The van der Waals surface area contributed by atoms with Crippen LogP contribution in [0.3, 0.4) is 0 Å². The predicted octanol–water partition coefficient (Wildman–Crippen LogP) is 14.0. The number of benzene rings is 3. The monoisotopic (exact) mass is 883 g/mol. The Morgan fingerprint density at radius 3 is 2.00 bits per heavy atom. The topological polar surface area (TPSA) is 63.3 Å². The first-order chi connectivity index (χ1) is 23.4. The Labute approximate surface area is 328 Å². The molecule has 0 unspecified atom stereocenters. The zero-order valence-electron chi connectivity index (χ0n) is 34.4. The smallest absolute Gasteiger partial charge is 0.164 e. The van der Waals surface area contributed by atoms with Crippen LogP contribution in [-0.2, 0) is 36.7 Å². The molecule has 0 fully saturated rings. The van der Waals surface area contributed by atoms with Crippen molar-refractivity contribution < 1.29 is 34.4 Å². The van der Waals surface area contributed by atoms with Gasteiger partial charge >= 0.3 is 0 Å². The third kappa shape index (κ3) is 9.44. The molecular weight excluding hydrogens is 819 g/mol. The summed E-state index contributed by atoms with van der Waals surface area (Å²) in [5.74, 6) is 1.85. The van der Waals surface area contributed by atoms with Gasteiger partial charge in [-0.15, -0.1) is 0 Å². The van der Waals surface area contributed by atoms with Crippen LogP contribution in [0.2, 0.25) is 0 Å². The van der Waals surface area contributed by atoms with Crippen LogP contribution < -0.4 is 0 Å². The van der Waals surface area contributed by atoms with E-state index in [9.17, 15) is 9.90 Å². The maximum Gasteiger partial charge on any atom is 0.164 e. The van der Waals surface area contributed by atoms with Crippen molar-refractivity contribution >= 4 is 38.4 Å². The van der Waals surface area contributed by atoms with Gasteiger partial charge in [-0.25, -0.2) is 4.98 Å². The molecule has 0 spiro atoms. The second-order valence-corrected chi connectivity index (χ2v) is 16.4. The molecule has 1 N–H and O–H groups in total. The first kappa shape index (κ1) is 44.9. The molecule has 0 atom stereocenters. The fraction of sp³-hybridized carbons (Fsp3) is 0.468. The minimum absolute atomic E-state index is 0. The standard InChI is InChI=1S/C31H33NO.C15H28O2.CH3.Ir/c1-18(2)12-23-17-25-29(32-27-14-19(3)13-20(4)28(27)30(25)33-23)22-15-21-10-8-9-11-24(21)26(16-22)31(5,6)7;1-7-14(5,8-2)12(16)11-13(17)15(6,9-3)10-4;;/h8-11,13-18H,12H2,1-7H3;11,16H,7-10H2,1-6H3;1H3;/q;;-1;/b;12-11-;;. The molecule has 285 valence electrons. The minimum atomic E-state index is -0.337. The number of furan rings is 1. The molecule has 0 aliphatic rings. The number of aliphatic hydroxyl groups is 1. The second kappa shape index (κ2) is 17.7. The van der Waals surface area contributed by atoms with Crippen LogP contribution in [0.15, 0.2) is 70.8 Å². The van der Waals surface area contributed by atoms with Crippen molar-refractivity contribution in [1.82, 2.24) is 4.98 Å². The van der Waals surface area contributed by atoms with Crippen molar-refractivity contribution in [3.63, 3.8) is 0 Å². The Hall–Kier alpha value is -3.27. The third-order valence-corrected chi connectivity index (χ3v) is 11.1. The van der Waals surface area contributed by atoms with E-state index in [1.165, 1.54) is 33.5 Å². The molecule has 0 saturated carbocycles. The zero-order valence-corrected chi connectivity index (χ0v) is 36.8. The SMILES string of the molecule is CCC(C)(CC)C(=O)/C=C(\O)C(C)(CC)CC.Cc1cc(C)c2c(c1)nc(-c1cc(C(C)(C)C)c3ccccc3c1)c1cc(CC(C)C)oc12.[CH3-].[Ir]. The Bertz CT molecular complexity index is 2020. The summed E-state index contributed by atoms with van der Waals surface area (Å²) in [6, 6.07) is 19.9. The molecule has 0 amide bonds. The second-order valence-electron chi connectivity index (χ2n) is 16.4. The van der Waals surface area contributed by atoms with Gasteiger partial charge < -0.3 is 17.0 Å². The van der Waals surface area contributed by atoms with E-state index in [1.807, 2.05) is 41.5 Å². The normalized spacial score (nSPS) is 12.5. The van der Waals surface area contributed by atoms with Crippen LogP contribution in [-0.4, -0.2) is 15.9 Å². The summed E-state index contributed by atoms with van der Waals surface area (Å²) in [6.07, 6.45) is 5.68. The number of rotatable bonds is 10. The molecule has 1 radical (unpaired) electrons. The van der Waals surface area contributed by atoms with Crippen molar-refractivity contribution in [3.05, 3.63) is 96.3 Å². The third-order valence-electron chi connectivity index (χ3n) is 11.1. The summed E-state index contributed by atoms with van der Waals surface area (Å²) in [5.41, 5.74) is 7.34. The number of aromatic nitrogens is 1. The average Bonchev–Trinajstić information content (AvgIpc) is 3.48. The molecule has 0 aliphatic carbocycles. The van der Waals surface area contributed by atoms with Crippen molar-refractivity contribution in [1.29, 1.82) is 0 Å². The van der Waals surface area contributed by atoms with Gasteiger partial charge in [0.25, 0.3) is 0 Å². The molecule has 5 aromatic rings. The van der Waals surface area contributed by atoms with Gasteiger partial charge in [0.15, 0.2) is 5.78 Å². The van der Waals surface area contributed by atoms with Gasteiger partial charge in [0.1, 0.15) is 17.1 Å². The molecule has 0 aliphatic heterocycles. The maximum atomic E-state index is 12.2. The van der Waals surface area contributed by atoms with E-state index < -0.39 is 0 Å². The number of aryl methyl sites for hydroxylation is 2. The fourth-order valence-electron chi connectivity index (χ4n) is 6.79. The first-order valence-electron chi connectivity index (χ1n) is 18.7. The average molecular weight is 883 g/mol. The molecule has 0 saturated heterocycles. The molecule has 4 nitrogen and oxygen atoms in total. The number of aliphatic hydroxyl groups excluding tert-OH is 1. The first-order valence-corrected chi connectivity index (χ1v) is 18.7. The molecule has 2 heterocycles. The van der Waals surface area contributed by atoms with Crippen molar-refractivity contribution in [2.24, 2.45) is 16.7 Å². The van der Waals surface area contributed by atoms with E-state index >= 15 is 0 Å².